The lowest BCUT2D eigenvalue weighted by Crippen LogP contribution is -2.48. The molecule has 1 aliphatic rings. The van der Waals surface area contributed by atoms with Gasteiger partial charge in [0.2, 0.25) is 0 Å². The molecule has 1 aromatic rings. The zero-order chi connectivity index (χ0) is 17.7. The zero-order valence-electron chi connectivity index (χ0n) is 13.8. The summed E-state index contributed by atoms with van der Waals surface area (Å²) < 4.78 is 12.1. The van der Waals surface area contributed by atoms with E-state index in [9.17, 15) is 14.4 Å². The third kappa shape index (κ3) is 4.65. The van der Waals surface area contributed by atoms with Crippen molar-refractivity contribution in [3.63, 3.8) is 0 Å². The molecule has 24 heavy (non-hydrogen) atoms. The summed E-state index contributed by atoms with van der Waals surface area (Å²) in [5.74, 6) is -1.56. The number of amides is 1. The number of ether oxygens (including phenoxy) is 2. The topological polar surface area (TPSA) is 98.1 Å². The number of rotatable bonds is 6. The van der Waals surface area contributed by atoms with E-state index in [4.69, 9.17) is 14.6 Å². The van der Waals surface area contributed by atoms with Crippen molar-refractivity contribution in [3.05, 3.63) is 34.2 Å². The maximum absolute atomic E-state index is 12.6. The monoisotopic (exact) mass is 338 g/mol. The number of aromatic nitrogens is 1. The van der Waals surface area contributed by atoms with Gasteiger partial charge >= 0.3 is 5.97 Å². The summed E-state index contributed by atoms with van der Waals surface area (Å²) in [5.41, 5.74) is -0.643. The molecule has 8 nitrogen and oxygen atoms in total. The smallest absolute Gasteiger partial charge is 0.323 e. The van der Waals surface area contributed by atoms with Crippen LogP contribution in [0.15, 0.2) is 23.1 Å². The molecule has 1 amide bonds. The second kappa shape index (κ2) is 8.07. The summed E-state index contributed by atoms with van der Waals surface area (Å²) in [6.07, 6.45) is 1.18. The minimum absolute atomic E-state index is 0.0378. The molecule has 2 heterocycles. The van der Waals surface area contributed by atoms with Crippen LogP contribution in [-0.2, 0) is 20.8 Å². The number of aliphatic carboxylic acids is 1. The first-order valence-corrected chi connectivity index (χ1v) is 7.82. The molecule has 0 aromatic carbocycles. The van der Waals surface area contributed by atoms with Gasteiger partial charge in [-0.3, -0.25) is 14.4 Å². The Morgan fingerprint density at radius 1 is 1.46 bits per heavy atom. The maximum Gasteiger partial charge on any atom is 0.323 e. The standard InChI is InChI=1S/C16H22N2O6/c1-11(2)24-10-12-8-18(6-7-23-12)16(22)13-4-3-5-17(15(13)21)9-14(19)20/h3-5,11-12H,6-10H2,1-2H3,(H,19,20). The number of carboxylic acid groups (broad SMARTS) is 1. The first-order chi connectivity index (χ1) is 11.4. The van der Waals surface area contributed by atoms with Gasteiger partial charge in [-0.15, -0.1) is 0 Å². The molecule has 0 bridgehead atoms. The second-order valence-electron chi connectivity index (χ2n) is 5.87. The highest BCUT2D eigenvalue weighted by Gasteiger charge is 2.27. The van der Waals surface area contributed by atoms with E-state index in [1.165, 1.54) is 18.3 Å². The van der Waals surface area contributed by atoms with Crippen molar-refractivity contribution in [2.45, 2.75) is 32.6 Å². The van der Waals surface area contributed by atoms with Gasteiger partial charge in [0.05, 0.1) is 25.4 Å². The minimum atomic E-state index is -1.14. The van der Waals surface area contributed by atoms with Crippen molar-refractivity contribution in [1.29, 1.82) is 0 Å². The summed E-state index contributed by atoms with van der Waals surface area (Å²) in [7, 11) is 0. The van der Waals surface area contributed by atoms with E-state index >= 15 is 0 Å². The molecule has 2 rings (SSSR count). The number of nitrogens with zero attached hydrogens (tertiary/aromatic N) is 2. The van der Waals surface area contributed by atoms with Gasteiger partial charge in [-0.25, -0.2) is 0 Å². The van der Waals surface area contributed by atoms with Gasteiger partial charge < -0.3 is 24.0 Å². The summed E-state index contributed by atoms with van der Waals surface area (Å²) in [6, 6.07) is 2.91. The summed E-state index contributed by atoms with van der Waals surface area (Å²) in [4.78, 5) is 37.2. The molecule has 1 aliphatic heterocycles. The van der Waals surface area contributed by atoms with E-state index in [-0.39, 0.29) is 17.8 Å². The zero-order valence-corrected chi connectivity index (χ0v) is 13.8. The van der Waals surface area contributed by atoms with Gasteiger partial charge in [0, 0.05) is 19.3 Å². The molecular weight excluding hydrogens is 316 g/mol. The molecule has 1 atom stereocenters. The van der Waals surface area contributed by atoms with Crippen molar-refractivity contribution in [3.8, 4) is 0 Å². The normalized spacial score (nSPS) is 18.0. The molecule has 0 spiro atoms. The lowest BCUT2D eigenvalue weighted by molar-refractivity contribution is -0.137. The molecule has 1 unspecified atom stereocenters. The predicted molar refractivity (Wildman–Crippen MR) is 85.1 cm³/mol. The Morgan fingerprint density at radius 2 is 2.21 bits per heavy atom. The number of hydrogen-bond donors (Lipinski definition) is 1. The Balaban J connectivity index is 2.10. The van der Waals surface area contributed by atoms with Crippen LogP contribution in [0.3, 0.4) is 0 Å². The average molecular weight is 338 g/mol. The fourth-order valence-corrected chi connectivity index (χ4v) is 2.44. The third-order valence-electron chi connectivity index (χ3n) is 3.60. The fourth-order valence-electron chi connectivity index (χ4n) is 2.44. The lowest BCUT2D eigenvalue weighted by Gasteiger charge is -2.33. The quantitative estimate of drug-likeness (QED) is 0.796. The van der Waals surface area contributed by atoms with Crippen LogP contribution in [0, 0.1) is 0 Å². The Labute approximate surface area is 139 Å². The van der Waals surface area contributed by atoms with Crippen molar-refractivity contribution in [1.82, 2.24) is 9.47 Å². The van der Waals surface area contributed by atoms with Gasteiger partial charge in [-0.05, 0) is 26.0 Å². The number of hydrogen-bond acceptors (Lipinski definition) is 5. The Morgan fingerprint density at radius 3 is 2.88 bits per heavy atom. The molecule has 1 saturated heterocycles. The molecule has 1 aromatic heterocycles. The van der Waals surface area contributed by atoms with Crippen LogP contribution in [0.1, 0.15) is 24.2 Å². The molecule has 1 N–H and O–H groups in total. The number of morpholine rings is 1. The van der Waals surface area contributed by atoms with Crippen molar-refractivity contribution in [2.75, 3.05) is 26.3 Å². The molecule has 0 saturated carbocycles. The maximum atomic E-state index is 12.6. The van der Waals surface area contributed by atoms with Crippen LogP contribution < -0.4 is 5.56 Å². The third-order valence-corrected chi connectivity index (χ3v) is 3.60. The van der Waals surface area contributed by atoms with Crippen LogP contribution in [0.25, 0.3) is 0 Å². The molecule has 0 aliphatic carbocycles. The van der Waals surface area contributed by atoms with E-state index in [1.54, 1.807) is 4.90 Å². The molecular formula is C16H22N2O6. The first kappa shape index (κ1) is 18.2. The van der Waals surface area contributed by atoms with Gasteiger partial charge in [0.25, 0.3) is 11.5 Å². The fraction of sp³-hybridized carbons (Fsp3) is 0.562. The van der Waals surface area contributed by atoms with E-state index in [0.717, 1.165) is 4.57 Å². The van der Waals surface area contributed by atoms with Crippen molar-refractivity contribution in [2.24, 2.45) is 0 Å². The molecule has 132 valence electrons. The number of carboxylic acids is 1. The highest BCUT2D eigenvalue weighted by Crippen LogP contribution is 2.10. The van der Waals surface area contributed by atoms with Crippen LogP contribution in [-0.4, -0.2) is 65.0 Å². The SMILES string of the molecule is CC(C)OCC1CN(C(=O)c2cccn(CC(=O)O)c2=O)CCO1. The number of carbonyl (C=O) groups is 2. The predicted octanol–water partition coefficient (Wildman–Crippen LogP) is 0.199. The first-order valence-electron chi connectivity index (χ1n) is 7.82. The summed E-state index contributed by atoms with van der Waals surface area (Å²) in [5, 5.41) is 8.82. The van der Waals surface area contributed by atoms with Crippen LogP contribution in [0.5, 0.6) is 0 Å². The van der Waals surface area contributed by atoms with Gasteiger partial charge in [0.15, 0.2) is 0 Å². The van der Waals surface area contributed by atoms with Crippen LogP contribution >= 0.6 is 0 Å². The largest absolute Gasteiger partial charge is 0.480 e. The lowest BCUT2D eigenvalue weighted by atomic mass is 10.2. The van der Waals surface area contributed by atoms with E-state index in [1.807, 2.05) is 13.8 Å². The Hall–Kier alpha value is -2.19. The highest BCUT2D eigenvalue weighted by atomic mass is 16.5. The van der Waals surface area contributed by atoms with Crippen molar-refractivity contribution >= 4 is 11.9 Å². The molecule has 8 heteroatoms. The van der Waals surface area contributed by atoms with Crippen LogP contribution in [0.2, 0.25) is 0 Å². The number of carbonyl (C=O) groups excluding carboxylic acids is 1. The highest BCUT2D eigenvalue weighted by molar-refractivity contribution is 5.94. The van der Waals surface area contributed by atoms with Crippen LogP contribution in [0.4, 0.5) is 0 Å². The van der Waals surface area contributed by atoms with E-state index in [0.29, 0.717) is 26.3 Å². The summed E-state index contributed by atoms with van der Waals surface area (Å²) >= 11 is 0. The summed E-state index contributed by atoms with van der Waals surface area (Å²) in [6.45, 7) is 4.81. The minimum Gasteiger partial charge on any atom is -0.480 e. The van der Waals surface area contributed by atoms with E-state index < -0.39 is 24.0 Å². The van der Waals surface area contributed by atoms with Gasteiger partial charge in [-0.2, -0.15) is 0 Å². The van der Waals surface area contributed by atoms with E-state index in [2.05, 4.69) is 0 Å². The van der Waals surface area contributed by atoms with Crippen molar-refractivity contribution < 1.29 is 24.2 Å². The van der Waals surface area contributed by atoms with Gasteiger partial charge in [-0.1, -0.05) is 0 Å². The molecule has 1 fully saturated rings. The second-order valence-corrected chi connectivity index (χ2v) is 5.87. The Bertz CT molecular complexity index is 654. The average Bonchev–Trinajstić information content (AvgIpc) is 2.54. The van der Waals surface area contributed by atoms with Gasteiger partial charge in [0.1, 0.15) is 12.1 Å². The number of pyridine rings is 1. The Kier molecular flexibility index (Phi) is 6.10. The molecule has 0 radical (unpaired) electrons.